The van der Waals surface area contributed by atoms with Gasteiger partial charge in [0.15, 0.2) is 18.2 Å². The highest BCUT2D eigenvalue weighted by atomic mass is 19.2. The van der Waals surface area contributed by atoms with Crippen LogP contribution in [-0.2, 0) is 17.8 Å². The van der Waals surface area contributed by atoms with E-state index >= 15 is 0 Å². The lowest BCUT2D eigenvalue weighted by atomic mass is 10.1. The van der Waals surface area contributed by atoms with Gasteiger partial charge in [-0.15, -0.1) is 0 Å². The molecule has 0 saturated heterocycles. The van der Waals surface area contributed by atoms with Crippen molar-refractivity contribution in [1.29, 1.82) is 0 Å². The Morgan fingerprint density at radius 1 is 0.939 bits per heavy atom. The maximum atomic E-state index is 14.1. The lowest BCUT2D eigenvalue weighted by Crippen LogP contribution is -2.10. The average Bonchev–Trinajstić information content (AvgIpc) is 3.23. The molecule has 0 spiro atoms. The largest absolute Gasteiger partial charge is 0.481 e. The number of carboxylic acids is 1. The summed E-state index contributed by atoms with van der Waals surface area (Å²) < 4.78 is 48.6. The van der Waals surface area contributed by atoms with E-state index in [0.29, 0.717) is 24.2 Å². The molecule has 33 heavy (non-hydrogen) atoms. The molecule has 4 rings (SSSR count). The van der Waals surface area contributed by atoms with Gasteiger partial charge in [0.2, 0.25) is 0 Å². The third-order valence-corrected chi connectivity index (χ3v) is 5.01. The van der Waals surface area contributed by atoms with Gasteiger partial charge >= 0.3 is 5.97 Å². The van der Waals surface area contributed by atoms with Gasteiger partial charge in [0.05, 0.1) is 11.4 Å². The number of ether oxygens (including phenoxy) is 1. The Kier molecular flexibility index (Phi) is 6.44. The van der Waals surface area contributed by atoms with Gasteiger partial charge in [-0.1, -0.05) is 42.5 Å². The summed E-state index contributed by atoms with van der Waals surface area (Å²) >= 11 is 0. The van der Waals surface area contributed by atoms with Crippen molar-refractivity contribution in [3.05, 3.63) is 95.8 Å². The molecule has 3 aromatic carbocycles. The summed E-state index contributed by atoms with van der Waals surface area (Å²) in [5, 5.41) is 13.5. The summed E-state index contributed by atoms with van der Waals surface area (Å²) in [6.45, 7) is -0.297. The molecule has 0 saturated carbocycles. The zero-order valence-electron chi connectivity index (χ0n) is 17.3. The van der Waals surface area contributed by atoms with Crippen LogP contribution in [0.25, 0.3) is 22.5 Å². The SMILES string of the molecule is O=C(O)COc1cc(F)c(F)cc1-c1cc(-c2cccc(F)c2)n(CCc2ccccc2)n1. The lowest BCUT2D eigenvalue weighted by molar-refractivity contribution is -0.139. The van der Waals surface area contributed by atoms with Crippen molar-refractivity contribution in [3.8, 4) is 28.3 Å². The normalized spacial score (nSPS) is 10.9. The molecule has 168 valence electrons. The minimum absolute atomic E-state index is 0.0891. The number of halogens is 3. The van der Waals surface area contributed by atoms with E-state index in [4.69, 9.17) is 9.84 Å². The van der Waals surface area contributed by atoms with Crippen molar-refractivity contribution in [1.82, 2.24) is 9.78 Å². The fourth-order valence-corrected chi connectivity index (χ4v) is 3.47. The average molecular weight is 452 g/mol. The number of carbonyl (C=O) groups is 1. The van der Waals surface area contributed by atoms with Crippen LogP contribution in [0, 0.1) is 17.5 Å². The Morgan fingerprint density at radius 3 is 2.42 bits per heavy atom. The molecule has 4 aromatic rings. The molecule has 1 N–H and O–H groups in total. The third kappa shape index (κ3) is 5.23. The van der Waals surface area contributed by atoms with E-state index in [-0.39, 0.29) is 17.0 Å². The van der Waals surface area contributed by atoms with Crippen LogP contribution in [0.1, 0.15) is 5.56 Å². The van der Waals surface area contributed by atoms with Gasteiger partial charge in [-0.05, 0) is 36.2 Å². The highest BCUT2D eigenvalue weighted by Crippen LogP contribution is 2.34. The topological polar surface area (TPSA) is 64.3 Å². The van der Waals surface area contributed by atoms with Crippen molar-refractivity contribution in [2.45, 2.75) is 13.0 Å². The van der Waals surface area contributed by atoms with Crippen molar-refractivity contribution < 1.29 is 27.8 Å². The van der Waals surface area contributed by atoms with Gasteiger partial charge in [-0.2, -0.15) is 5.10 Å². The van der Waals surface area contributed by atoms with Crippen molar-refractivity contribution in [2.75, 3.05) is 6.61 Å². The second-order valence-electron chi connectivity index (χ2n) is 7.33. The summed E-state index contributed by atoms with van der Waals surface area (Å²) in [6.07, 6.45) is 0.629. The number of benzene rings is 3. The molecule has 1 heterocycles. The van der Waals surface area contributed by atoms with Crippen LogP contribution in [0.5, 0.6) is 5.75 Å². The maximum absolute atomic E-state index is 14.1. The molecular weight excluding hydrogens is 433 g/mol. The smallest absolute Gasteiger partial charge is 0.341 e. The highest BCUT2D eigenvalue weighted by Gasteiger charge is 2.19. The third-order valence-electron chi connectivity index (χ3n) is 5.01. The van der Waals surface area contributed by atoms with Gasteiger partial charge in [0, 0.05) is 23.7 Å². The summed E-state index contributed by atoms with van der Waals surface area (Å²) in [4.78, 5) is 10.9. The van der Waals surface area contributed by atoms with Crippen LogP contribution >= 0.6 is 0 Å². The summed E-state index contributed by atoms with van der Waals surface area (Å²) in [6, 6.07) is 19.0. The van der Waals surface area contributed by atoms with Gasteiger partial charge in [-0.3, -0.25) is 4.68 Å². The molecule has 0 radical (unpaired) electrons. The Labute approximate surface area is 187 Å². The number of aliphatic carboxylic acids is 1. The van der Waals surface area contributed by atoms with Gasteiger partial charge < -0.3 is 9.84 Å². The van der Waals surface area contributed by atoms with E-state index < -0.39 is 30.0 Å². The molecular formula is C25H19F3N2O3. The Hall–Kier alpha value is -4.07. The number of rotatable bonds is 8. The summed E-state index contributed by atoms with van der Waals surface area (Å²) in [5.74, 6) is -4.15. The van der Waals surface area contributed by atoms with Crippen LogP contribution in [-0.4, -0.2) is 27.5 Å². The van der Waals surface area contributed by atoms with Crippen LogP contribution in [0.15, 0.2) is 72.8 Å². The molecule has 0 bridgehead atoms. The Bertz CT molecular complexity index is 1290. The van der Waals surface area contributed by atoms with E-state index in [2.05, 4.69) is 5.10 Å². The van der Waals surface area contributed by atoms with Crippen LogP contribution in [0.4, 0.5) is 13.2 Å². The number of nitrogens with zero attached hydrogens (tertiary/aromatic N) is 2. The molecule has 0 unspecified atom stereocenters. The van der Waals surface area contributed by atoms with Gasteiger partial charge in [0.1, 0.15) is 11.6 Å². The molecule has 0 aliphatic heterocycles. The van der Waals surface area contributed by atoms with Gasteiger partial charge in [-0.25, -0.2) is 18.0 Å². The molecule has 1 aromatic heterocycles. The lowest BCUT2D eigenvalue weighted by Gasteiger charge is -2.09. The first-order valence-corrected chi connectivity index (χ1v) is 10.1. The second kappa shape index (κ2) is 9.60. The molecule has 0 fully saturated rings. The van der Waals surface area contributed by atoms with Crippen LogP contribution in [0.3, 0.4) is 0 Å². The first-order valence-electron chi connectivity index (χ1n) is 10.1. The van der Waals surface area contributed by atoms with E-state index in [1.54, 1.807) is 22.9 Å². The number of aromatic nitrogens is 2. The zero-order valence-corrected chi connectivity index (χ0v) is 17.3. The van der Waals surface area contributed by atoms with Crippen molar-refractivity contribution in [3.63, 3.8) is 0 Å². The van der Waals surface area contributed by atoms with E-state index in [0.717, 1.165) is 17.7 Å². The van der Waals surface area contributed by atoms with Gasteiger partial charge in [0.25, 0.3) is 0 Å². The quantitative estimate of drug-likeness (QED) is 0.392. The standard InChI is InChI=1S/C25H19F3N2O3/c26-18-8-4-7-17(11-18)23-14-22(29-30(23)10-9-16-5-2-1-3-6-16)19-12-20(27)21(28)13-24(19)33-15-25(31)32/h1-8,11-14H,9-10,15H2,(H,31,32). The minimum Gasteiger partial charge on any atom is -0.481 e. The minimum atomic E-state index is -1.26. The van der Waals surface area contributed by atoms with E-state index in [1.807, 2.05) is 30.3 Å². The molecule has 5 nitrogen and oxygen atoms in total. The predicted octanol–water partition coefficient (Wildman–Crippen LogP) is 5.34. The van der Waals surface area contributed by atoms with Crippen molar-refractivity contribution in [2.24, 2.45) is 0 Å². The number of hydrogen-bond donors (Lipinski definition) is 1. The molecule has 0 aliphatic rings. The maximum Gasteiger partial charge on any atom is 0.341 e. The predicted molar refractivity (Wildman–Crippen MR) is 116 cm³/mol. The van der Waals surface area contributed by atoms with Crippen molar-refractivity contribution >= 4 is 5.97 Å². The van der Waals surface area contributed by atoms with E-state index in [1.165, 1.54) is 12.1 Å². The van der Waals surface area contributed by atoms with E-state index in [9.17, 15) is 18.0 Å². The fourth-order valence-electron chi connectivity index (χ4n) is 3.47. The monoisotopic (exact) mass is 452 g/mol. The number of aryl methyl sites for hydroxylation is 2. The fraction of sp³-hybridized carbons (Fsp3) is 0.120. The first-order chi connectivity index (χ1) is 15.9. The molecule has 0 amide bonds. The second-order valence-corrected chi connectivity index (χ2v) is 7.33. The zero-order chi connectivity index (χ0) is 23.4. The Balaban J connectivity index is 1.78. The molecule has 0 atom stereocenters. The van der Waals surface area contributed by atoms with Crippen LogP contribution in [0.2, 0.25) is 0 Å². The highest BCUT2D eigenvalue weighted by molar-refractivity contribution is 5.74. The Morgan fingerprint density at radius 2 is 1.70 bits per heavy atom. The summed E-state index contributed by atoms with van der Waals surface area (Å²) in [7, 11) is 0. The first kappa shape index (κ1) is 22.1. The number of carboxylic acid groups (broad SMARTS) is 1. The molecule has 8 heteroatoms. The molecule has 0 aliphatic carbocycles. The summed E-state index contributed by atoms with van der Waals surface area (Å²) in [5.41, 5.74) is 2.51. The van der Waals surface area contributed by atoms with Crippen LogP contribution < -0.4 is 4.74 Å². The number of hydrogen-bond acceptors (Lipinski definition) is 3.